The van der Waals surface area contributed by atoms with Crippen molar-refractivity contribution in [1.29, 1.82) is 0 Å². The molecule has 2 fully saturated rings. The molecular formula is C18H23N5O3. The first kappa shape index (κ1) is 16.8. The number of nitrogens with zero attached hydrogens (tertiary/aromatic N) is 4. The zero-order valence-corrected chi connectivity index (χ0v) is 14.8. The Balaban J connectivity index is 1.39. The van der Waals surface area contributed by atoms with E-state index in [0.717, 1.165) is 18.5 Å². The van der Waals surface area contributed by atoms with Gasteiger partial charge in [-0.25, -0.2) is 4.98 Å². The van der Waals surface area contributed by atoms with Crippen molar-refractivity contribution in [1.82, 2.24) is 19.0 Å². The lowest BCUT2D eigenvalue weighted by molar-refractivity contribution is -0.0153. The summed E-state index contributed by atoms with van der Waals surface area (Å²) >= 11 is 0. The molecule has 0 spiro atoms. The van der Waals surface area contributed by atoms with Gasteiger partial charge in [0.2, 0.25) is 0 Å². The van der Waals surface area contributed by atoms with Gasteiger partial charge in [0, 0.05) is 51.3 Å². The number of hydrogen-bond acceptors (Lipinski definition) is 5. The lowest BCUT2D eigenvalue weighted by atomic mass is 10.2. The molecule has 0 bridgehead atoms. The Morgan fingerprint density at radius 3 is 3.04 bits per heavy atom. The van der Waals surface area contributed by atoms with E-state index in [9.17, 15) is 9.59 Å². The lowest BCUT2D eigenvalue weighted by Gasteiger charge is -2.33. The van der Waals surface area contributed by atoms with Gasteiger partial charge in [-0.2, -0.15) is 0 Å². The molecule has 1 atom stereocenters. The Bertz CT molecular complexity index is 855. The monoisotopic (exact) mass is 357 g/mol. The number of hydrogen-bond donors (Lipinski definition) is 1. The second-order valence-electron chi connectivity index (χ2n) is 6.85. The third-order valence-corrected chi connectivity index (χ3v) is 4.88. The molecule has 1 aliphatic carbocycles. The number of rotatable bonds is 5. The lowest BCUT2D eigenvalue weighted by Crippen LogP contribution is -2.48. The third-order valence-electron chi connectivity index (χ3n) is 4.88. The highest BCUT2D eigenvalue weighted by Crippen LogP contribution is 2.36. The molecule has 1 saturated carbocycles. The van der Waals surface area contributed by atoms with Gasteiger partial charge in [-0.1, -0.05) is 0 Å². The molecule has 0 radical (unpaired) electrons. The van der Waals surface area contributed by atoms with E-state index in [1.165, 1.54) is 4.57 Å². The molecule has 1 aliphatic heterocycles. The molecule has 2 aromatic rings. The average Bonchev–Trinajstić information content (AvgIpc) is 3.39. The van der Waals surface area contributed by atoms with E-state index in [-0.39, 0.29) is 17.6 Å². The standard InChI is InChI=1S/C18H23N5O3/c1-21-8-6-19-16(18(21)25)20-11-14-12-22(9-10-26-14)17(24)15-3-2-7-23(15)13-4-5-13/h2-3,6-8,13-14H,4-5,9-12H2,1H3,(H,19,20). The maximum absolute atomic E-state index is 12.9. The topological polar surface area (TPSA) is 81.4 Å². The summed E-state index contributed by atoms with van der Waals surface area (Å²) in [6.45, 7) is 1.99. The van der Waals surface area contributed by atoms with E-state index in [2.05, 4.69) is 14.9 Å². The van der Waals surface area contributed by atoms with Crippen LogP contribution in [-0.4, -0.2) is 57.3 Å². The van der Waals surface area contributed by atoms with Crippen LogP contribution in [0.4, 0.5) is 5.82 Å². The minimum Gasteiger partial charge on any atom is -0.373 e. The number of ether oxygens (including phenoxy) is 1. The van der Waals surface area contributed by atoms with Gasteiger partial charge in [0.05, 0.1) is 12.7 Å². The van der Waals surface area contributed by atoms with E-state index >= 15 is 0 Å². The van der Waals surface area contributed by atoms with Gasteiger partial charge in [0.15, 0.2) is 5.82 Å². The first-order valence-electron chi connectivity index (χ1n) is 8.96. The summed E-state index contributed by atoms with van der Waals surface area (Å²) in [5, 5.41) is 3.04. The predicted octanol–water partition coefficient (Wildman–Crippen LogP) is 0.870. The molecule has 1 amide bonds. The minimum absolute atomic E-state index is 0.0453. The van der Waals surface area contributed by atoms with Crippen molar-refractivity contribution in [3.05, 3.63) is 46.8 Å². The van der Waals surface area contributed by atoms with E-state index in [0.29, 0.717) is 38.1 Å². The highest BCUT2D eigenvalue weighted by Gasteiger charge is 2.30. The molecule has 3 heterocycles. The van der Waals surface area contributed by atoms with Gasteiger partial charge in [0.25, 0.3) is 11.5 Å². The van der Waals surface area contributed by atoms with E-state index < -0.39 is 0 Å². The Labute approximate surface area is 151 Å². The largest absolute Gasteiger partial charge is 0.373 e. The van der Waals surface area contributed by atoms with Crippen LogP contribution in [0.15, 0.2) is 35.5 Å². The number of anilines is 1. The summed E-state index contributed by atoms with van der Waals surface area (Å²) < 4.78 is 9.31. The van der Waals surface area contributed by atoms with Crippen molar-refractivity contribution in [3.8, 4) is 0 Å². The van der Waals surface area contributed by atoms with Crippen molar-refractivity contribution < 1.29 is 9.53 Å². The Kier molecular flexibility index (Phi) is 4.50. The summed E-state index contributed by atoms with van der Waals surface area (Å²) in [4.78, 5) is 30.8. The van der Waals surface area contributed by atoms with Crippen LogP contribution in [0.3, 0.4) is 0 Å². The van der Waals surface area contributed by atoms with Gasteiger partial charge in [-0.3, -0.25) is 9.59 Å². The van der Waals surface area contributed by atoms with Crippen LogP contribution in [0, 0.1) is 0 Å². The number of aromatic nitrogens is 3. The van der Waals surface area contributed by atoms with Crippen LogP contribution < -0.4 is 10.9 Å². The highest BCUT2D eigenvalue weighted by molar-refractivity contribution is 5.93. The van der Waals surface area contributed by atoms with Crippen molar-refractivity contribution in [2.24, 2.45) is 7.05 Å². The SMILES string of the molecule is Cn1ccnc(NCC2CN(C(=O)c3cccn3C3CC3)CCO2)c1=O. The molecule has 26 heavy (non-hydrogen) atoms. The molecule has 8 heteroatoms. The summed E-state index contributed by atoms with van der Waals surface area (Å²) in [5.41, 5.74) is 0.568. The van der Waals surface area contributed by atoms with Crippen molar-refractivity contribution in [3.63, 3.8) is 0 Å². The summed E-state index contributed by atoms with van der Waals surface area (Å²) in [6.07, 6.45) is 7.28. The molecule has 1 saturated heterocycles. The summed E-state index contributed by atoms with van der Waals surface area (Å²) in [6, 6.07) is 4.30. The maximum Gasteiger partial charge on any atom is 0.293 e. The fourth-order valence-electron chi connectivity index (χ4n) is 3.27. The molecule has 1 N–H and O–H groups in total. The fourth-order valence-corrected chi connectivity index (χ4v) is 3.27. The first-order chi connectivity index (χ1) is 12.6. The predicted molar refractivity (Wildman–Crippen MR) is 96.3 cm³/mol. The van der Waals surface area contributed by atoms with Gasteiger partial charge in [-0.05, 0) is 25.0 Å². The number of aryl methyl sites for hydroxylation is 1. The number of amides is 1. The zero-order valence-electron chi connectivity index (χ0n) is 14.8. The van der Waals surface area contributed by atoms with Crippen LogP contribution in [0.1, 0.15) is 29.4 Å². The molecule has 2 aromatic heterocycles. The summed E-state index contributed by atoms with van der Waals surface area (Å²) in [5.74, 6) is 0.341. The Hall–Kier alpha value is -2.61. The fraction of sp³-hybridized carbons (Fsp3) is 0.500. The average molecular weight is 357 g/mol. The summed E-state index contributed by atoms with van der Waals surface area (Å²) in [7, 11) is 1.68. The van der Waals surface area contributed by atoms with Gasteiger partial charge < -0.3 is 24.1 Å². The van der Waals surface area contributed by atoms with Gasteiger partial charge in [0.1, 0.15) is 5.69 Å². The molecule has 1 unspecified atom stereocenters. The van der Waals surface area contributed by atoms with E-state index in [1.807, 2.05) is 23.2 Å². The third kappa shape index (κ3) is 3.37. The number of morpholine rings is 1. The van der Waals surface area contributed by atoms with E-state index in [4.69, 9.17) is 4.74 Å². The van der Waals surface area contributed by atoms with Crippen LogP contribution >= 0.6 is 0 Å². The van der Waals surface area contributed by atoms with Crippen molar-refractivity contribution in [2.75, 3.05) is 31.6 Å². The molecule has 138 valence electrons. The molecule has 2 aliphatic rings. The Morgan fingerprint density at radius 2 is 2.23 bits per heavy atom. The number of carbonyl (C=O) groups excluding carboxylic acids is 1. The molecular weight excluding hydrogens is 334 g/mol. The molecule has 4 rings (SSSR count). The smallest absolute Gasteiger partial charge is 0.293 e. The van der Waals surface area contributed by atoms with Gasteiger partial charge in [-0.15, -0.1) is 0 Å². The second-order valence-corrected chi connectivity index (χ2v) is 6.85. The van der Waals surface area contributed by atoms with E-state index in [1.54, 1.807) is 19.4 Å². The molecule has 8 nitrogen and oxygen atoms in total. The normalized spacial score (nSPS) is 20.2. The first-order valence-corrected chi connectivity index (χ1v) is 8.96. The zero-order chi connectivity index (χ0) is 18.1. The second kappa shape index (κ2) is 6.95. The number of nitrogens with one attached hydrogen (secondary N) is 1. The molecule has 0 aromatic carbocycles. The van der Waals surface area contributed by atoms with Crippen molar-refractivity contribution in [2.45, 2.75) is 25.0 Å². The highest BCUT2D eigenvalue weighted by atomic mass is 16.5. The van der Waals surface area contributed by atoms with Crippen LogP contribution in [0.5, 0.6) is 0 Å². The quantitative estimate of drug-likeness (QED) is 0.859. The van der Waals surface area contributed by atoms with Gasteiger partial charge >= 0.3 is 0 Å². The maximum atomic E-state index is 12.9. The number of carbonyl (C=O) groups is 1. The van der Waals surface area contributed by atoms with Crippen molar-refractivity contribution >= 4 is 11.7 Å². The Morgan fingerprint density at radius 1 is 1.38 bits per heavy atom. The van der Waals surface area contributed by atoms with Crippen LogP contribution in [-0.2, 0) is 11.8 Å². The minimum atomic E-state index is -0.182. The van der Waals surface area contributed by atoms with Crippen LogP contribution in [0.25, 0.3) is 0 Å². The van der Waals surface area contributed by atoms with Crippen LogP contribution in [0.2, 0.25) is 0 Å².